The highest BCUT2D eigenvalue weighted by atomic mass is 19.1. The smallest absolute Gasteiger partial charge is 0.243 e. The van der Waals surface area contributed by atoms with E-state index >= 15 is 0 Å². The molecule has 3 N–H and O–H groups in total. The summed E-state index contributed by atoms with van der Waals surface area (Å²) in [6.07, 6.45) is 0. The van der Waals surface area contributed by atoms with Crippen molar-refractivity contribution in [1.82, 2.24) is 4.90 Å². The zero-order chi connectivity index (χ0) is 14.6. The van der Waals surface area contributed by atoms with Crippen LogP contribution in [0.1, 0.15) is 6.92 Å². The Morgan fingerprint density at radius 1 is 1.32 bits per heavy atom. The third-order valence-corrected chi connectivity index (χ3v) is 2.29. The first-order chi connectivity index (χ1) is 8.79. The van der Waals surface area contributed by atoms with E-state index in [0.717, 1.165) is 17.0 Å². The van der Waals surface area contributed by atoms with Crippen LogP contribution < -0.4 is 11.1 Å². The minimum Gasteiger partial charge on any atom is -0.335 e. The average molecular weight is 271 g/mol. The van der Waals surface area contributed by atoms with Gasteiger partial charge in [-0.25, -0.2) is 8.78 Å². The fraction of sp³-hybridized carbons (Fsp3) is 0.333. The molecule has 0 aromatic heterocycles. The van der Waals surface area contributed by atoms with Gasteiger partial charge in [0, 0.05) is 18.8 Å². The Morgan fingerprint density at radius 2 is 1.84 bits per heavy atom. The number of nitrogens with one attached hydrogen (secondary N) is 1. The van der Waals surface area contributed by atoms with Gasteiger partial charge < -0.3 is 16.0 Å². The molecule has 0 aliphatic rings. The number of halogens is 2. The van der Waals surface area contributed by atoms with Crippen LogP contribution in [0.5, 0.6) is 0 Å². The van der Waals surface area contributed by atoms with Gasteiger partial charge >= 0.3 is 0 Å². The van der Waals surface area contributed by atoms with E-state index in [4.69, 9.17) is 5.73 Å². The molecule has 0 heterocycles. The quantitative estimate of drug-likeness (QED) is 0.846. The highest BCUT2D eigenvalue weighted by Gasteiger charge is 2.16. The molecule has 7 heteroatoms. The molecule has 0 aliphatic heterocycles. The first kappa shape index (κ1) is 15.0. The third kappa shape index (κ3) is 4.63. The summed E-state index contributed by atoms with van der Waals surface area (Å²) in [4.78, 5) is 24.2. The molecule has 0 radical (unpaired) electrons. The average Bonchev–Trinajstić information content (AvgIpc) is 2.25. The molecule has 0 saturated heterocycles. The number of carbonyl (C=O) groups excluding carboxylic acids is 2. The molecular weight excluding hydrogens is 256 g/mol. The van der Waals surface area contributed by atoms with E-state index in [9.17, 15) is 18.4 Å². The summed E-state index contributed by atoms with van der Waals surface area (Å²) in [5.41, 5.74) is 5.37. The Morgan fingerprint density at radius 3 is 2.32 bits per heavy atom. The molecule has 2 amide bonds. The minimum absolute atomic E-state index is 0.0101. The van der Waals surface area contributed by atoms with Gasteiger partial charge in [-0.1, -0.05) is 0 Å². The molecular formula is C12H15F2N3O2. The highest BCUT2D eigenvalue weighted by Crippen LogP contribution is 2.12. The summed E-state index contributed by atoms with van der Waals surface area (Å²) in [6.45, 7) is 1.25. The first-order valence-electron chi connectivity index (χ1n) is 5.56. The van der Waals surface area contributed by atoms with Crippen LogP contribution >= 0.6 is 0 Å². The van der Waals surface area contributed by atoms with Crippen LogP contribution in [0.15, 0.2) is 18.2 Å². The molecule has 0 bridgehead atoms. The zero-order valence-electron chi connectivity index (χ0n) is 10.6. The van der Waals surface area contributed by atoms with Gasteiger partial charge in [-0.2, -0.15) is 0 Å². The lowest BCUT2D eigenvalue weighted by Crippen LogP contribution is -2.43. The van der Waals surface area contributed by atoms with Gasteiger partial charge in [0.1, 0.15) is 11.6 Å². The van der Waals surface area contributed by atoms with E-state index in [1.165, 1.54) is 14.0 Å². The molecule has 1 aromatic rings. The van der Waals surface area contributed by atoms with Crippen molar-refractivity contribution in [1.29, 1.82) is 0 Å². The second-order valence-electron chi connectivity index (χ2n) is 4.19. The van der Waals surface area contributed by atoms with E-state index < -0.39 is 29.5 Å². The van der Waals surface area contributed by atoms with Crippen LogP contribution in [0.2, 0.25) is 0 Å². The van der Waals surface area contributed by atoms with Gasteiger partial charge in [0.05, 0.1) is 12.6 Å². The van der Waals surface area contributed by atoms with Crippen LogP contribution in [0, 0.1) is 11.6 Å². The third-order valence-electron chi connectivity index (χ3n) is 2.29. The lowest BCUT2D eigenvalue weighted by molar-refractivity contribution is -0.134. The standard InChI is InChI=1S/C12H15F2N3O2/c1-7(15)12(19)17(2)6-11(18)16-10-4-8(13)3-9(14)5-10/h3-5,7H,6,15H2,1-2H3,(H,16,18)/t7-/m0/s1. The summed E-state index contributed by atoms with van der Waals surface area (Å²) >= 11 is 0. The van der Waals surface area contributed by atoms with Crippen molar-refractivity contribution in [3.8, 4) is 0 Å². The first-order valence-corrected chi connectivity index (χ1v) is 5.56. The maximum Gasteiger partial charge on any atom is 0.243 e. The van der Waals surface area contributed by atoms with E-state index in [0.29, 0.717) is 6.07 Å². The Balaban J connectivity index is 2.63. The van der Waals surface area contributed by atoms with Crippen LogP contribution in [0.25, 0.3) is 0 Å². The summed E-state index contributed by atoms with van der Waals surface area (Å²) in [7, 11) is 1.41. The second kappa shape index (κ2) is 6.24. The number of likely N-dealkylation sites (N-methyl/N-ethyl adjacent to an activating group) is 1. The Bertz CT molecular complexity index is 472. The largest absolute Gasteiger partial charge is 0.335 e. The lowest BCUT2D eigenvalue weighted by Gasteiger charge is -2.18. The van der Waals surface area contributed by atoms with Crippen molar-refractivity contribution in [3.05, 3.63) is 29.8 Å². The summed E-state index contributed by atoms with van der Waals surface area (Å²) in [5.74, 6) is -2.56. The van der Waals surface area contributed by atoms with Crippen molar-refractivity contribution in [2.45, 2.75) is 13.0 Å². The van der Waals surface area contributed by atoms with Gasteiger partial charge in [-0.15, -0.1) is 0 Å². The lowest BCUT2D eigenvalue weighted by atomic mass is 10.3. The second-order valence-corrected chi connectivity index (χ2v) is 4.19. The number of hydrogen-bond acceptors (Lipinski definition) is 3. The fourth-order valence-electron chi connectivity index (χ4n) is 1.47. The zero-order valence-corrected chi connectivity index (χ0v) is 10.6. The predicted molar refractivity (Wildman–Crippen MR) is 66.3 cm³/mol. The Hall–Kier alpha value is -2.02. The van der Waals surface area contributed by atoms with Gasteiger partial charge in [-0.3, -0.25) is 9.59 Å². The summed E-state index contributed by atoms with van der Waals surface area (Å²) in [5, 5.41) is 2.29. The maximum absolute atomic E-state index is 12.9. The van der Waals surface area contributed by atoms with E-state index in [1.807, 2.05) is 0 Å². The molecule has 1 rings (SSSR count). The Kier molecular flexibility index (Phi) is 4.94. The van der Waals surface area contributed by atoms with Crippen molar-refractivity contribution in [2.75, 3.05) is 18.9 Å². The number of carbonyl (C=O) groups is 2. The predicted octanol–water partition coefficient (Wildman–Crippen LogP) is 0.709. The highest BCUT2D eigenvalue weighted by molar-refractivity contribution is 5.95. The van der Waals surface area contributed by atoms with Crippen LogP contribution in [-0.4, -0.2) is 36.3 Å². The van der Waals surface area contributed by atoms with Gasteiger partial charge in [0.2, 0.25) is 11.8 Å². The fourth-order valence-corrected chi connectivity index (χ4v) is 1.47. The number of hydrogen-bond donors (Lipinski definition) is 2. The SMILES string of the molecule is C[C@H](N)C(=O)N(C)CC(=O)Nc1cc(F)cc(F)c1. The molecule has 1 atom stereocenters. The molecule has 5 nitrogen and oxygen atoms in total. The molecule has 0 spiro atoms. The number of rotatable bonds is 4. The van der Waals surface area contributed by atoms with Crippen molar-refractivity contribution in [3.63, 3.8) is 0 Å². The van der Waals surface area contributed by atoms with E-state index in [1.54, 1.807) is 0 Å². The van der Waals surface area contributed by atoms with Crippen LogP contribution in [0.4, 0.5) is 14.5 Å². The molecule has 0 fully saturated rings. The summed E-state index contributed by atoms with van der Waals surface area (Å²) < 4.78 is 25.8. The van der Waals surface area contributed by atoms with Gasteiger partial charge in [0.25, 0.3) is 0 Å². The monoisotopic (exact) mass is 271 g/mol. The van der Waals surface area contributed by atoms with Crippen molar-refractivity contribution >= 4 is 17.5 Å². The molecule has 0 aliphatic carbocycles. The van der Waals surface area contributed by atoms with Crippen molar-refractivity contribution in [2.24, 2.45) is 5.73 Å². The topological polar surface area (TPSA) is 75.4 Å². The van der Waals surface area contributed by atoms with E-state index in [2.05, 4.69) is 5.32 Å². The number of amides is 2. The molecule has 1 aromatic carbocycles. The van der Waals surface area contributed by atoms with Gasteiger partial charge in [-0.05, 0) is 19.1 Å². The van der Waals surface area contributed by atoms with E-state index in [-0.39, 0.29) is 12.2 Å². The molecule has 19 heavy (non-hydrogen) atoms. The number of benzene rings is 1. The van der Waals surface area contributed by atoms with Crippen LogP contribution in [-0.2, 0) is 9.59 Å². The normalized spacial score (nSPS) is 11.8. The minimum atomic E-state index is -0.796. The number of nitrogens with two attached hydrogens (primary N) is 1. The molecule has 0 saturated carbocycles. The number of nitrogens with zero attached hydrogens (tertiary/aromatic N) is 1. The number of anilines is 1. The Labute approximate surface area is 109 Å². The maximum atomic E-state index is 12.9. The van der Waals surface area contributed by atoms with Crippen LogP contribution in [0.3, 0.4) is 0 Å². The van der Waals surface area contributed by atoms with Gasteiger partial charge in [0.15, 0.2) is 0 Å². The molecule has 104 valence electrons. The summed E-state index contributed by atoms with van der Waals surface area (Å²) in [6, 6.07) is 1.94. The molecule has 0 unspecified atom stereocenters. The van der Waals surface area contributed by atoms with Crippen molar-refractivity contribution < 1.29 is 18.4 Å².